The number of likely N-dealkylation sites (tertiary alicyclic amines) is 1. The first-order chi connectivity index (χ1) is 11.2. The molecule has 2 aliphatic heterocycles. The second-order valence-corrected chi connectivity index (χ2v) is 6.75. The van der Waals surface area contributed by atoms with Crippen LogP contribution in [-0.2, 0) is 6.54 Å². The van der Waals surface area contributed by atoms with Crippen LogP contribution in [-0.4, -0.2) is 24.8 Å². The Balaban J connectivity index is 1.43. The highest BCUT2D eigenvalue weighted by Gasteiger charge is 2.25. The third-order valence-corrected chi connectivity index (χ3v) is 5.12. The zero-order chi connectivity index (χ0) is 15.8. The highest BCUT2D eigenvalue weighted by atomic mass is 16.7. The number of aryl methyl sites for hydroxylation is 2. The van der Waals surface area contributed by atoms with Crippen molar-refractivity contribution in [3.05, 3.63) is 58.7 Å². The summed E-state index contributed by atoms with van der Waals surface area (Å²) < 4.78 is 10.9. The van der Waals surface area contributed by atoms with Crippen molar-refractivity contribution in [2.24, 2.45) is 0 Å². The lowest BCUT2D eigenvalue weighted by Crippen LogP contribution is -2.19. The predicted molar refractivity (Wildman–Crippen MR) is 91.1 cm³/mol. The minimum absolute atomic E-state index is 0.350. The molecule has 0 aliphatic carbocycles. The predicted octanol–water partition coefficient (Wildman–Crippen LogP) is 4.02. The van der Waals surface area contributed by atoms with Gasteiger partial charge in [-0.05, 0) is 67.1 Å². The Morgan fingerprint density at radius 3 is 2.74 bits per heavy atom. The van der Waals surface area contributed by atoms with Gasteiger partial charge in [-0.15, -0.1) is 0 Å². The van der Waals surface area contributed by atoms with Gasteiger partial charge in [-0.1, -0.05) is 24.3 Å². The lowest BCUT2D eigenvalue weighted by atomic mass is 9.98. The molecule has 0 N–H and O–H groups in total. The lowest BCUT2D eigenvalue weighted by Gasteiger charge is -2.17. The Morgan fingerprint density at radius 1 is 1.00 bits per heavy atom. The van der Waals surface area contributed by atoms with Crippen LogP contribution in [0.1, 0.15) is 34.6 Å². The Bertz CT molecular complexity index is 726. The van der Waals surface area contributed by atoms with Crippen LogP contribution in [0.3, 0.4) is 0 Å². The summed E-state index contributed by atoms with van der Waals surface area (Å²) in [6, 6.07) is 13.2. The van der Waals surface area contributed by atoms with Crippen molar-refractivity contribution >= 4 is 0 Å². The van der Waals surface area contributed by atoms with Gasteiger partial charge in [-0.3, -0.25) is 4.90 Å². The fourth-order valence-electron chi connectivity index (χ4n) is 3.58. The summed E-state index contributed by atoms with van der Waals surface area (Å²) in [4.78, 5) is 2.55. The molecule has 0 radical (unpaired) electrons. The molecule has 0 amide bonds. The van der Waals surface area contributed by atoms with Gasteiger partial charge in [0, 0.05) is 13.1 Å². The minimum atomic E-state index is 0.350. The van der Waals surface area contributed by atoms with Crippen molar-refractivity contribution in [2.75, 3.05) is 19.9 Å². The van der Waals surface area contributed by atoms with Crippen molar-refractivity contribution in [3.8, 4) is 11.5 Å². The topological polar surface area (TPSA) is 21.7 Å². The maximum Gasteiger partial charge on any atom is 0.231 e. The van der Waals surface area contributed by atoms with Crippen LogP contribution >= 0.6 is 0 Å². The van der Waals surface area contributed by atoms with Gasteiger partial charge in [-0.2, -0.15) is 0 Å². The molecule has 0 bridgehead atoms. The first-order valence-corrected chi connectivity index (χ1v) is 8.37. The van der Waals surface area contributed by atoms with Crippen molar-refractivity contribution in [1.82, 2.24) is 4.90 Å². The number of hydrogen-bond acceptors (Lipinski definition) is 3. The quantitative estimate of drug-likeness (QED) is 0.854. The largest absolute Gasteiger partial charge is 0.454 e. The van der Waals surface area contributed by atoms with Gasteiger partial charge in [0.15, 0.2) is 11.5 Å². The van der Waals surface area contributed by atoms with Gasteiger partial charge in [0.1, 0.15) is 0 Å². The standard InChI is InChI=1S/C20H23NO2/c1-14-3-4-16(9-15(14)2)11-21-8-7-18(12-21)17-5-6-19-20(10-17)23-13-22-19/h3-6,9-10,18H,7-8,11-13H2,1-2H3. The number of hydrogen-bond donors (Lipinski definition) is 0. The van der Waals surface area contributed by atoms with E-state index in [1.165, 1.54) is 28.7 Å². The van der Waals surface area contributed by atoms with Crippen molar-refractivity contribution < 1.29 is 9.47 Å². The van der Waals surface area contributed by atoms with E-state index in [1.54, 1.807) is 0 Å². The highest BCUT2D eigenvalue weighted by Crippen LogP contribution is 2.37. The van der Waals surface area contributed by atoms with E-state index >= 15 is 0 Å². The van der Waals surface area contributed by atoms with E-state index in [0.29, 0.717) is 12.7 Å². The van der Waals surface area contributed by atoms with E-state index in [4.69, 9.17) is 9.47 Å². The zero-order valence-electron chi connectivity index (χ0n) is 13.8. The first kappa shape index (κ1) is 14.6. The highest BCUT2D eigenvalue weighted by molar-refractivity contribution is 5.45. The maximum atomic E-state index is 5.51. The van der Waals surface area contributed by atoms with E-state index in [0.717, 1.165) is 31.1 Å². The van der Waals surface area contributed by atoms with Crippen LogP contribution < -0.4 is 9.47 Å². The zero-order valence-corrected chi connectivity index (χ0v) is 13.8. The van der Waals surface area contributed by atoms with Gasteiger partial charge in [-0.25, -0.2) is 0 Å². The molecule has 4 rings (SSSR count). The van der Waals surface area contributed by atoms with E-state index < -0.39 is 0 Å². The molecule has 23 heavy (non-hydrogen) atoms. The third-order valence-electron chi connectivity index (χ3n) is 5.12. The average molecular weight is 309 g/mol. The smallest absolute Gasteiger partial charge is 0.231 e. The van der Waals surface area contributed by atoms with Crippen molar-refractivity contribution in [2.45, 2.75) is 32.7 Å². The van der Waals surface area contributed by atoms with Gasteiger partial charge >= 0.3 is 0 Å². The normalized spacial score (nSPS) is 20.2. The number of ether oxygens (including phenoxy) is 2. The molecule has 3 nitrogen and oxygen atoms in total. The van der Waals surface area contributed by atoms with Crippen LogP contribution in [0.15, 0.2) is 36.4 Å². The van der Waals surface area contributed by atoms with Crippen LogP contribution in [0.4, 0.5) is 0 Å². The lowest BCUT2D eigenvalue weighted by molar-refractivity contribution is 0.174. The number of benzene rings is 2. The molecule has 0 aromatic heterocycles. The first-order valence-electron chi connectivity index (χ1n) is 8.37. The van der Waals surface area contributed by atoms with Gasteiger partial charge in [0.2, 0.25) is 6.79 Å². The molecule has 3 heteroatoms. The van der Waals surface area contributed by atoms with Gasteiger partial charge in [0.25, 0.3) is 0 Å². The van der Waals surface area contributed by atoms with Crippen LogP contribution in [0.25, 0.3) is 0 Å². The maximum absolute atomic E-state index is 5.51. The molecule has 120 valence electrons. The number of fused-ring (bicyclic) bond motifs is 1. The molecule has 1 saturated heterocycles. The molecule has 2 aromatic rings. The molecular weight excluding hydrogens is 286 g/mol. The fourth-order valence-corrected chi connectivity index (χ4v) is 3.58. The summed E-state index contributed by atoms with van der Waals surface area (Å²) in [5, 5.41) is 0. The van der Waals surface area contributed by atoms with E-state index in [2.05, 4.69) is 49.1 Å². The number of nitrogens with zero attached hydrogens (tertiary/aromatic N) is 1. The monoisotopic (exact) mass is 309 g/mol. The molecule has 1 fully saturated rings. The Kier molecular flexibility index (Phi) is 3.74. The summed E-state index contributed by atoms with van der Waals surface area (Å²) in [7, 11) is 0. The summed E-state index contributed by atoms with van der Waals surface area (Å²) >= 11 is 0. The SMILES string of the molecule is Cc1ccc(CN2CCC(c3ccc4c(c3)OCO4)C2)cc1C. The number of rotatable bonds is 3. The molecule has 2 aromatic carbocycles. The Labute approximate surface area is 137 Å². The summed E-state index contributed by atoms with van der Waals surface area (Å²) in [6.45, 7) is 8.03. The Morgan fingerprint density at radius 2 is 1.87 bits per heavy atom. The van der Waals surface area contributed by atoms with Crippen molar-refractivity contribution in [3.63, 3.8) is 0 Å². The van der Waals surface area contributed by atoms with Crippen LogP contribution in [0.2, 0.25) is 0 Å². The van der Waals surface area contributed by atoms with E-state index in [1.807, 2.05) is 6.07 Å². The second-order valence-electron chi connectivity index (χ2n) is 6.75. The molecular formula is C20H23NO2. The Hall–Kier alpha value is -2.00. The second kappa shape index (κ2) is 5.89. The summed E-state index contributed by atoms with van der Waals surface area (Å²) in [5.74, 6) is 2.37. The van der Waals surface area contributed by atoms with Crippen LogP contribution in [0, 0.1) is 13.8 Å². The average Bonchev–Trinajstić information content (AvgIpc) is 3.19. The molecule has 2 aliphatic rings. The molecule has 2 heterocycles. The third kappa shape index (κ3) is 2.93. The molecule has 1 atom stereocenters. The minimum Gasteiger partial charge on any atom is -0.454 e. The molecule has 0 saturated carbocycles. The molecule has 0 spiro atoms. The van der Waals surface area contributed by atoms with Gasteiger partial charge < -0.3 is 9.47 Å². The summed E-state index contributed by atoms with van der Waals surface area (Å²) in [6.07, 6.45) is 1.21. The molecule has 1 unspecified atom stereocenters. The van der Waals surface area contributed by atoms with Crippen LogP contribution in [0.5, 0.6) is 11.5 Å². The summed E-state index contributed by atoms with van der Waals surface area (Å²) in [5.41, 5.74) is 5.54. The van der Waals surface area contributed by atoms with Crippen molar-refractivity contribution in [1.29, 1.82) is 0 Å². The fraction of sp³-hybridized carbons (Fsp3) is 0.400. The van der Waals surface area contributed by atoms with Gasteiger partial charge in [0.05, 0.1) is 0 Å². The van der Waals surface area contributed by atoms with E-state index in [9.17, 15) is 0 Å². The van der Waals surface area contributed by atoms with E-state index in [-0.39, 0.29) is 0 Å².